The Balaban J connectivity index is 0.00000161. The van der Waals surface area contributed by atoms with E-state index in [2.05, 4.69) is 25.2 Å². The summed E-state index contributed by atoms with van der Waals surface area (Å²) in [5.41, 5.74) is 5.11. The van der Waals surface area contributed by atoms with Crippen LogP contribution in [0.15, 0.2) is 6.07 Å². The average molecular weight is 310 g/mol. The van der Waals surface area contributed by atoms with E-state index in [1.54, 1.807) is 0 Å². The third-order valence-electron chi connectivity index (χ3n) is 5.32. The molecule has 1 aromatic carbocycles. The number of phenolic OH excluding ortho intramolecular Hbond substituents is 1. The number of hydrogen-bond donors (Lipinski definition) is 2. The van der Waals surface area contributed by atoms with Gasteiger partial charge in [0.05, 0.1) is 0 Å². The number of halogens is 1. The fraction of sp³-hybridized carbons (Fsp3) is 0.667. The van der Waals surface area contributed by atoms with Gasteiger partial charge in [-0.15, -0.1) is 12.4 Å². The summed E-state index contributed by atoms with van der Waals surface area (Å²) in [6, 6.07) is 2.54. The van der Waals surface area contributed by atoms with Gasteiger partial charge in [0, 0.05) is 11.6 Å². The second-order valence-corrected chi connectivity index (χ2v) is 6.67. The Morgan fingerprint density at radius 1 is 1.14 bits per heavy atom. The minimum Gasteiger partial charge on any atom is -0.507 e. The van der Waals surface area contributed by atoms with Crippen molar-refractivity contribution in [3.8, 4) is 5.75 Å². The number of aromatic hydroxyl groups is 1. The average Bonchev–Trinajstić information content (AvgIpc) is 2.78. The number of aryl methyl sites for hydroxylation is 2. The van der Waals surface area contributed by atoms with E-state index in [4.69, 9.17) is 0 Å². The van der Waals surface area contributed by atoms with E-state index < -0.39 is 0 Å². The molecule has 118 valence electrons. The molecule has 0 spiro atoms. The van der Waals surface area contributed by atoms with E-state index in [1.165, 1.54) is 42.4 Å². The van der Waals surface area contributed by atoms with Crippen molar-refractivity contribution in [2.45, 2.75) is 64.8 Å². The van der Waals surface area contributed by atoms with Gasteiger partial charge < -0.3 is 10.4 Å². The fourth-order valence-electron chi connectivity index (χ4n) is 4.51. The third kappa shape index (κ3) is 2.68. The van der Waals surface area contributed by atoms with Crippen molar-refractivity contribution in [2.24, 2.45) is 5.92 Å². The lowest BCUT2D eigenvalue weighted by Crippen LogP contribution is -2.28. The van der Waals surface area contributed by atoms with Crippen LogP contribution in [0.4, 0.5) is 0 Å². The Kier molecular flexibility index (Phi) is 5.21. The van der Waals surface area contributed by atoms with Gasteiger partial charge in [0.15, 0.2) is 0 Å². The van der Waals surface area contributed by atoms with Crippen LogP contribution in [-0.4, -0.2) is 11.7 Å². The first kappa shape index (κ1) is 16.6. The molecule has 21 heavy (non-hydrogen) atoms. The lowest BCUT2D eigenvalue weighted by Gasteiger charge is -2.30. The number of rotatable bonds is 3. The first-order valence-electron chi connectivity index (χ1n) is 8.21. The summed E-state index contributed by atoms with van der Waals surface area (Å²) in [7, 11) is 0. The number of phenols is 1. The monoisotopic (exact) mass is 309 g/mol. The first-order valence-corrected chi connectivity index (χ1v) is 8.21. The zero-order chi connectivity index (χ0) is 14.3. The normalized spacial score (nSPS) is 26.9. The lowest BCUT2D eigenvalue weighted by molar-refractivity contribution is 0.261. The summed E-state index contributed by atoms with van der Waals surface area (Å²) in [5.74, 6) is 1.91. The van der Waals surface area contributed by atoms with Crippen LogP contribution in [0.3, 0.4) is 0 Å². The quantitative estimate of drug-likeness (QED) is 0.843. The number of fused-ring (bicyclic) bond motifs is 3. The van der Waals surface area contributed by atoms with Crippen molar-refractivity contribution in [1.82, 2.24) is 5.32 Å². The van der Waals surface area contributed by atoms with Gasteiger partial charge in [-0.2, -0.15) is 0 Å². The van der Waals surface area contributed by atoms with Crippen LogP contribution in [0.5, 0.6) is 5.75 Å². The summed E-state index contributed by atoms with van der Waals surface area (Å²) in [6.07, 6.45) is 6.44. The van der Waals surface area contributed by atoms with Gasteiger partial charge in [-0.25, -0.2) is 0 Å². The minimum atomic E-state index is 0. The van der Waals surface area contributed by atoms with E-state index in [1.807, 2.05) is 6.92 Å². The lowest BCUT2D eigenvalue weighted by atomic mass is 9.77. The van der Waals surface area contributed by atoms with Gasteiger partial charge in [0.1, 0.15) is 5.75 Å². The highest BCUT2D eigenvalue weighted by Gasteiger charge is 2.44. The van der Waals surface area contributed by atoms with Gasteiger partial charge in [-0.3, -0.25) is 0 Å². The van der Waals surface area contributed by atoms with Gasteiger partial charge >= 0.3 is 0 Å². The molecule has 3 heteroatoms. The summed E-state index contributed by atoms with van der Waals surface area (Å²) in [5, 5.41) is 14.3. The molecule has 1 saturated carbocycles. The molecule has 0 amide bonds. The molecule has 0 bridgehead atoms. The van der Waals surface area contributed by atoms with Crippen molar-refractivity contribution in [1.29, 1.82) is 0 Å². The van der Waals surface area contributed by atoms with Crippen molar-refractivity contribution >= 4 is 12.4 Å². The zero-order valence-corrected chi connectivity index (χ0v) is 14.2. The summed E-state index contributed by atoms with van der Waals surface area (Å²) < 4.78 is 0. The molecule has 0 radical (unpaired) electrons. The molecule has 3 rings (SSSR count). The van der Waals surface area contributed by atoms with Crippen LogP contribution in [0.2, 0.25) is 0 Å². The van der Waals surface area contributed by atoms with Crippen LogP contribution < -0.4 is 5.32 Å². The molecule has 0 aromatic heterocycles. The first-order chi connectivity index (χ1) is 9.65. The summed E-state index contributed by atoms with van der Waals surface area (Å²) in [6.45, 7) is 7.50. The van der Waals surface area contributed by atoms with Crippen molar-refractivity contribution in [3.05, 3.63) is 28.3 Å². The van der Waals surface area contributed by atoms with Gasteiger partial charge in [-0.05, 0) is 68.2 Å². The molecule has 2 aliphatic rings. The maximum atomic E-state index is 10.6. The van der Waals surface area contributed by atoms with Crippen molar-refractivity contribution < 1.29 is 5.11 Å². The van der Waals surface area contributed by atoms with Gasteiger partial charge in [0.2, 0.25) is 0 Å². The molecule has 0 heterocycles. The Morgan fingerprint density at radius 2 is 1.86 bits per heavy atom. The van der Waals surface area contributed by atoms with Crippen LogP contribution in [-0.2, 0) is 0 Å². The Morgan fingerprint density at radius 3 is 2.57 bits per heavy atom. The van der Waals surface area contributed by atoms with E-state index in [0.717, 1.165) is 18.5 Å². The van der Waals surface area contributed by atoms with Crippen LogP contribution in [0, 0.1) is 19.8 Å². The van der Waals surface area contributed by atoms with Crippen LogP contribution in [0.25, 0.3) is 0 Å². The Labute approximate surface area is 134 Å². The maximum absolute atomic E-state index is 10.6. The second-order valence-electron chi connectivity index (χ2n) is 6.67. The van der Waals surface area contributed by atoms with Gasteiger partial charge in [0.25, 0.3) is 0 Å². The van der Waals surface area contributed by atoms with Crippen LogP contribution >= 0.6 is 12.4 Å². The van der Waals surface area contributed by atoms with E-state index in [0.29, 0.717) is 23.6 Å². The van der Waals surface area contributed by atoms with Crippen molar-refractivity contribution in [2.75, 3.05) is 6.54 Å². The topological polar surface area (TPSA) is 32.3 Å². The second kappa shape index (κ2) is 6.58. The smallest absolute Gasteiger partial charge is 0.123 e. The number of nitrogens with one attached hydrogen (secondary N) is 1. The highest BCUT2D eigenvalue weighted by molar-refractivity contribution is 5.85. The molecule has 3 atom stereocenters. The molecule has 1 aromatic rings. The zero-order valence-electron chi connectivity index (χ0n) is 13.4. The molecular formula is C18H28ClNO. The standard InChI is InChI=1S/C18H27NO.ClH/c1-4-9-19-17-14-8-6-5-7-13(14)15-11(2)10-12(3)18(20)16(15)17;/h10,13-14,17,19-20H,4-9H2,1-3H3;1H. The SMILES string of the molecule is CCCNC1c2c(O)c(C)cc(C)c2C2CCCCC21.Cl. The Hall–Kier alpha value is -0.730. The maximum Gasteiger partial charge on any atom is 0.123 e. The summed E-state index contributed by atoms with van der Waals surface area (Å²) >= 11 is 0. The predicted molar refractivity (Wildman–Crippen MR) is 90.6 cm³/mol. The highest BCUT2D eigenvalue weighted by atomic mass is 35.5. The van der Waals surface area contributed by atoms with Crippen LogP contribution in [0.1, 0.15) is 73.2 Å². The predicted octanol–water partition coefficient (Wildman–Crippen LogP) is 4.76. The molecule has 2 aliphatic carbocycles. The fourth-order valence-corrected chi connectivity index (χ4v) is 4.51. The summed E-state index contributed by atoms with van der Waals surface area (Å²) in [4.78, 5) is 0. The van der Waals surface area contributed by atoms with Crippen molar-refractivity contribution in [3.63, 3.8) is 0 Å². The number of hydrogen-bond acceptors (Lipinski definition) is 2. The third-order valence-corrected chi connectivity index (χ3v) is 5.32. The molecule has 2 N–H and O–H groups in total. The van der Waals surface area contributed by atoms with E-state index in [-0.39, 0.29) is 12.4 Å². The molecule has 1 fully saturated rings. The largest absolute Gasteiger partial charge is 0.507 e. The molecule has 0 saturated heterocycles. The van der Waals surface area contributed by atoms with E-state index >= 15 is 0 Å². The molecule has 3 unspecified atom stereocenters. The van der Waals surface area contributed by atoms with E-state index in [9.17, 15) is 5.11 Å². The minimum absolute atomic E-state index is 0. The molecular weight excluding hydrogens is 282 g/mol. The van der Waals surface area contributed by atoms with Gasteiger partial charge in [-0.1, -0.05) is 25.8 Å². The molecule has 2 nitrogen and oxygen atoms in total. The molecule has 0 aliphatic heterocycles. The Bertz CT molecular complexity index is 514. The highest BCUT2D eigenvalue weighted by Crippen LogP contribution is 2.56. The number of benzene rings is 1.